The molecule has 0 aromatic heterocycles. The van der Waals surface area contributed by atoms with Gasteiger partial charge >= 0.3 is 5.97 Å². The van der Waals surface area contributed by atoms with Crippen LogP contribution in [0.5, 0.6) is 0 Å². The third-order valence-corrected chi connectivity index (χ3v) is 6.53. The lowest BCUT2D eigenvalue weighted by Gasteiger charge is -2.34. The first-order valence-electron chi connectivity index (χ1n) is 8.69. The van der Waals surface area contributed by atoms with E-state index in [1.54, 1.807) is 0 Å². The molecule has 6 nitrogen and oxygen atoms in total. The molecule has 0 radical (unpaired) electrons. The monoisotopic (exact) mass is 367 g/mol. The zero-order chi connectivity index (χ0) is 18.5. The lowest BCUT2D eigenvalue weighted by atomic mass is 9.81. The molecule has 1 amide bonds. The molecule has 1 aliphatic carbocycles. The number of carbonyl (C=O) groups is 2. The number of amides is 1. The minimum atomic E-state index is -3.34. The Labute approximate surface area is 148 Å². The number of hydrogen-bond acceptors (Lipinski definition) is 4. The van der Waals surface area contributed by atoms with Crippen LogP contribution in [0.1, 0.15) is 62.2 Å². The van der Waals surface area contributed by atoms with Gasteiger partial charge in [-0.3, -0.25) is 4.79 Å². The van der Waals surface area contributed by atoms with Crippen LogP contribution in [0.3, 0.4) is 0 Å². The second-order valence-electron chi connectivity index (χ2n) is 6.60. The second kappa shape index (κ2) is 7.99. The third-order valence-electron chi connectivity index (χ3n) is 4.71. The normalized spacial score (nSPS) is 17.0. The fourth-order valence-corrected chi connectivity index (χ4v) is 4.56. The molecule has 1 aromatic rings. The van der Waals surface area contributed by atoms with Gasteiger partial charge in [-0.25, -0.2) is 13.2 Å². The number of nitrogens with one attached hydrogen (secondary N) is 1. The first-order chi connectivity index (χ1) is 11.8. The van der Waals surface area contributed by atoms with Gasteiger partial charge in [0.2, 0.25) is 0 Å². The first kappa shape index (κ1) is 19.4. The number of carboxylic acids is 1. The number of carboxylic acid groups (broad SMARTS) is 1. The molecule has 0 bridgehead atoms. The van der Waals surface area contributed by atoms with E-state index in [0.717, 1.165) is 25.7 Å². The van der Waals surface area contributed by atoms with Crippen molar-refractivity contribution in [1.29, 1.82) is 0 Å². The number of hydrogen-bond donors (Lipinski definition) is 2. The van der Waals surface area contributed by atoms with Crippen molar-refractivity contribution in [3.63, 3.8) is 0 Å². The number of rotatable bonds is 7. The Morgan fingerprint density at radius 3 is 2.24 bits per heavy atom. The number of carbonyl (C=O) groups excluding carboxylic acids is 1. The average Bonchev–Trinajstić information content (AvgIpc) is 2.61. The fraction of sp³-hybridized carbons (Fsp3) is 0.556. The average molecular weight is 367 g/mol. The maximum absolute atomic E-state index is 12.4. The van der Waals surface area contributed by atoms with Crippen molar-refractivity contribution in [3.8, 4) is 0 Å². The topological polar surface area (TPSA) is 101 Å². The Balaban J connectivity index is 2.13. The molecule has 2 rings (SSSR count). The molecule has 25 heavy (non-hydrogen) atoms. The predicted molar refractivity (Wildman–Crippen MR) is 94.3 cm³/mol. The highest BCUT2D eigenvalue weighted by Crippen LogP contribution is 2.29. The molecule has 1 aliphatic rings. The molecule has 1 fully saturated rings. The molecule has 0 atom stereocenters. The van der Waals surface area contributed by atoms with Gasteiger partial charge in [-0.05, 0) is 43.5 Å². The molecule has 1 aromatic carbocycles. The number of sulfone groups is 1. The summed E-state index contributed by atoms with van der Waals surface area (Å²) in [7, 11) is -3.34. The summed E-state index contributed by atoms with van der Waals surface area (Å²) in [5.41, 5.74) is -0.957. The smallest absolute Gasteiger partial charge is 0.329 e. The zero-order valence-corrected chi connectivity index (χ0v) is 15.3. The summed E-state index contributed by atoms with van der Waals surface area (Å²) in [5, 5.41) is 12.2. The maximum Gasteiger partial charge on any atom is 0.329 e. The van der Waals surface area contributed by atoms with Crippen LogP contribution >= 0.6 is 0 Å². The van der Waals surface area contributed by atoms with Crippen molar-refractivity contribution in [2.75, 3.05) is 5.75 Å². The van der Waals surface area contributed by atoms with Crippen molar-refractivity contribution >= 4 is 21.7 Å². The van der Waals surface area contributed by atoms with Gasteiger partial charge in [0.05, 0.1) is 10.6 Å². The minimum absolute atomic E-state index is 0.0805. The molecule has 0 spiro atoms. The minimum Gasteiger partial charge on any atom is -0.480 e. The van der Waals surface area contributed by atoms with E-state index in [4.69, 9.17) is 0 Å². The summed E-state index contributed by atoms with van der Waals surface area (Å²) in [6.45, 7) is 1.92. The number of aliphatic carboxylic acids is 1. The van der Waals surface area contributed by atoms with E-state index in [1.165, 1.54) is 24.3 Å². The van der Waals surface area contributed by atoms with Crippen molar-refractivity contribution in [2.45, 2.75) is 62.3 Å². The predicted octanol–water partition coefficient (Wildman–Crippen LogP) is 2.78. The van der Waals surface area contributed by atoms with Gasteiger partial charge in [0.15, 0.2) is 9.84 Å². The quantitative estimate of drug-likeness (QED) is 0.772. The van der Waals surface area contributed by atoms with Crippen LogP contribution in [0.4, 0.5) is 0 Å². The summed E-state index contributed by atoms with van der Waals surface area (Å²) in [4.78, 5) is 24.3. The highest BCUT2D eigenvalue weighted by atomic mass is 32.2. The summed E-state index contributed by atoms with van der Waals surface area (Å²) < 4.78 is 24.3. The van der Waals surface area contributed by atoms with E-state index >= 15 is 0 Å². The maximum atomic E-state index is 12.4. The summed E-state index contributed by atoms with van der Waals surface area (Å²) in [5.74, 6) is -1.42. The van der Waals surface area contributed by atoms with Gasteiger partial charge < -0.3 is 10.4 Å². The SMILES string of the molecule is CCCCS(=O)(=O)c1ccc(C(=O)NC2(C(=O)O)CCCCC2)cc1. The highest BCUT2D eigenvalue weighted by molar-refractivity contribution is 7.91. The van der Waals surface area contributed by atoms with Crippen LogP contribution in [-0.2, 0) is 14.6 Å². The largest absolute Gasteiger partial charge is 0.480 e. The Morgan fingerprint density at radius 2 is 1.72 bits per heavy atom. The van der Waals surface area contributed by atoms with E-state index in [9.17, 15) is 23.1 Å². The van der Waals surface area contributed by atoms with Crippen molar-refractivity contribution < 1.29 is 23.1 Å². The highest BCUT2D eigenvalue weighted by Gasteiger charge is 2.41. The standard InChI is InChI=1S/C18H25NO5S/c1-2-3-13-25(23,24)15-9-7-14(8-10-15)16(20)19-18(17(21)22)11-5-4-6-12-18/h7-10H,2-6,11-13H2,1H3,(H,19,20)(H,21,22). The summed E-state index contributed by atoms with van der Waals surface area (Å²) in [6, 6.07) is 5.70. The molecule has 7 heteroatoms. The molecule has 0 heterocycles. The van der Waals surface area contributed by atoms with Gasteiger partial charge in [0.1, 0.15) is 5.54 Å². The van der Waals surface area contributed by atoms with Crippen LogP contribution in [0.15, 0.2) is 29.2 Å². The summed E-state index contributed by atoms with van der Waals surface area (Å²) >= 11 is 0. The van der Waals surface area contributed by atoms with E-state index in [-0.39, 0.29) is 16.2 Å². The Kier molecular flexibility index (Phi) is 6.21. The molecule has 0 saturated heterocycles. The number of benzene rings is 1. The molecule has 2 N–H and O–H groups in total. The van der Waals surface area contributed by atoms with Crippen molar-refractivity contribution in [3.05, 3.63) is 29.8 Å². The lowest BCUT2D eigenvalue weighted by Crippen LogP contribution is -2.55. The first-order valence-corrected chi connectivity index (χ1v) is 10.3. The van der Waals surface area contributed by atoms with Crippen molar-refractivity contribution in [2.24, 2.45) is 0 Å². The van der Waals surface area contributed by atoms with Gasteiger partial charge in [-0.15, -0.1) is 0 Å². The van der Waals surface area contributed by atoms with E-state index in [2.05, 4.69) is 5.32 Å². The van der Waals surface area contributed by atoms with Crippen LogP contribution < -0.4 is 5.32 Å². The molecule has 138 valence electrons. The van der Waals surface area contributed by atoms with Crippen LogP contribution in [0, 0.1) is 0 Å². The Bertz CT molecular complexity index is 718. The van der Waals surface area contributed by atoms with E-state index in [0.29, 0.717) is 19.3 Å². The molecular formula is C18H25NO5S. The van der Waals surface area contributed by atoms with Crippen LogP contribution in [-0.4, -0.2) is 36.7 Å². The summed E-state index contributed by atoms with van der Waals surface area (Å²) in [6.07, 6.45) is 4.70. The van der Waals surface area contributed by atoms with Crippen molar-refractivity contribution in [1.82, 2.24) is 5.32 Å². The fourth-order valence-electron chi connectivity index (χ4n) is 3.10. The third kappa shape index (κ3) is 4.60. The van der Waals surface area contributed by atoms with Gasteiger partial charge in [0.25, 0.3) is 5.91 Å². The van der Waals surface area contributed by atoms with E-state index < -0.39 is 27.3 Å². The van der Waals surface area contributed by atoms with Gasteiger partial charge in [0, 0.05) is 5.56 Å². The Morgan fingerprint density at radius 1 is 1.12 bits per heavy atom. The molecule has 1 saturated carbocycles. The molecule has 0 aliphatic heterocycles. The van der Waals surface area contributed by atoms with Crippen LogP contribution in [0.2, 0.25) is 0 Å². The molecular weight excluding hydrogens is 342 g/mol. The second-order valence-corrected chi connectivity index (χ2v) is 8.71. The number of unbranched alkanes of at least 4 members (excludes halogenated alkanes) is 1. The van der Waals surface area contributed by atoms with Gasteiger partial charge in [-0.2, -0.15) is 0 Å². The zero-order valence-electron chi connectivity index (χ0n) is 14.5. The van der Waals surface area contributed by atoms with E-state index in [1.807, 2.05) is 6.92 Å². The molecule has 0 unspecified atom stereocenters. The lowest BCUT2D eigenvalue weighted by molar-refractivity contribution is -0.145. The Hall–Kier alpha value is -1.89. The van der Waals surface area contributed by atoms with Crippen LogP contribution in [0.25, 0.3) is 0 Å². The van der Waals surface area contributed by atoms with Gasteiger partial charge in [-0.1, -0.05) is 32.6 Å².